The van der Waals surface area contributed by atoms with Crippen molar-refractivity contribution in [2.24, 2.45) is 11.1 Å². The number of primary amides is 1. The van der Waals surface area contributed by atoms with E-state index >= 15 is 0 Å². The Morgan fingerprint density at radius 1 is 1.38 bits per heavy atom. The summed E-state index contributed by atoms with van der Waals surface area (Å²) in [4.78, 5) is 14.8. The molecule has 0 saturated heterocycles. The van der Waals surface area contributed by atoms with Crippen LogP contribution in [0.25, 0.3) is 0 Å². The number of pyridine rings is 1. The fourth-order valence-electron chi connectivity index (χ4n) is 2.65. The minimum Gasteiger partial charge on any atom is -0.369 e. The molecule has 0 aliphatic heterocycles. The van der Waals surface area contributed by atoms with E-state index in [0.717, 1.165) is 37.8 Å². The zero-order valence-corrected chi connectivity index (χ0v) is 11.8. The molecule has 1 aliphatic rings. The average Bonchev–Trinajstić information content (AvgIpc) is 2.82. The molecule has 2 rings (SSSR count). The van der Waals surface area contributed by atoms with Crippen LogP contribution in [0.5, 0.6) is 0 Å². The van der Waals surface area contributed by atoms with Gasteiger partial charge in [0.05, 0.1) is 5.56 Å². The molecule has 1 aromatic rings. The Morgan fingerprint density at radius 3 is 2.52 bits per heavy atom. The number of carbonyl (C=O) groups excluding carboxylic acids is 1. The number of aromatic nitrogens is 1. The first-order valence-electron chi connectivity index (χ1n) is 6.83. The Labute approximate surface area is 120 Å². The predicted octanol–water partition coefficient (Wildman–Crippen LogP) is 3.19. The maximum atomic E-state index is 12.7. The third kappa shape index (κ3) is 3.65. The summed E-state index contributed by atoms with van der Waals surface area (Å²) < 4.78 is 38.1. The van der Waals surface area contributed by atoms with E-state index in [0.29, 0.717) is 6.54 Å². The van der Waals surface area contributed by atoms with Crippen molar-refractivity contribution in [1.82, 2.24) is 4.98 Å². The van der Waals surface area contributed by atoms with Gasteiger partial charge in [0.1, 0.15) is 11.5 Å². The SMILES string of the molecule is CC1(CNc2nc(C(F)(F)F)ccc2C(N)=O)CCCC1. The average molecular weight is 301 g/mol. The van der Waals surface area contributed by atoms with Gasteiger partial charge in [-0.05, 0) is 30.4 Å². The molecule has 0 aromatic carbocycles. The molecule has 1 heterocycles. The molecule has 1 aromatic heterocycles. The van der Waals surface area contributed by atoms with Crippen LogP contribution in [0.1, 0.15) is 48.7 Å². The highest BCUT2D eigenvalue weighted by atomic mass is 19.4. The number of carbonyl (C=O) groups is 1. The zero-order chi connectivity index (χ0) is 15.7. The van der Waals surface area contributed by atoms with E-state index in [1.165, 1.54) is 0 Å². The molecule has 1 saturated carbocycles. The summed E-state index contributed by atoms with van der Waals surface area (Å²) in [6.45, 7) is 2.55. The van der Waals surface area contributed by atoms with E-state index in [2.05, 4.69) is 17.2 Å². The van der Waals surface area contributed by atoms with Gasteiger partial charge in [0.25, 0.3) is 5.91 Å². The normalized spacial score (nSPS) is 17.7. The highest BCUT2D eigenvalue weighted by molar-refractivity contribution is 5.97. The third-order valence-electron chi connectivity index (χ3n) is 3.94. The monoisotopic (exact) mass is 301 g/mol. The molecule has 0 atom stereocenters. The second kappa shape index (κ2) is 5.54. The van der Waals surface area contributed by atoms with E-state index in [1.54, 1.807) is 0 Å². The molecular weight excluding hydrogens is 283 g/mol. The number of nitrogens with one attached hydrogen (secondary N) is 1. The molecule has 1 amide bonds. The first-order valence-corrected chi connectivity index (χ1v) is 6.83. The van der Waals surface area contributed by atoms with E-state index in [9.17, 15) is 18.0 Å². The van der Waals surface area contributed by atoms with Gasteiger partial charge in [-0.2, -0.15) is 13.2 Å². The predicted molar refractivity (Wildman–Crippen MR) is 72.8 cm³/mol. The van der Waals surface area contributed by atoms with E-state index < -0.39 is 17.8 Å². The fraction of sp³-hybridized carbons (Fsp3) is 0.571. The van der Waals surface area contributed by atoms with Gasteiger partial charge in [0.2, 0.25) is 0 Å². The van der Waals surface area contributed by atoms with Gasteiger partial charge in [0, 0.05) is 6.54 Å². The van der Waals surface area contributed by atoms with E-state index in [-0.39, 0.29) is 16.8 Å². The lowest BCUT2D eigenvalue weighted by Crippen LogP contribution is -2.26. The number of hydrogen-bond donors (Lipinski definition) is 2. The maximum Gasteiger partial charge on any atom is 0.433 e. The van der Waals surface area contributed by atoms with Crippen molar-refractivity contribution >= 4 is 11.7 Å². The summed E-state index contributed by atoms with van der Waals surface area (Å²) >= 11 is 0. The van der Waals surface area contributed by atoms with Crippen molar-refractivity contribution in [3.8, 4) is 0 Å². The third-order valence-corrected chi connectivity index (χ3v) is 3.94. The lowest BCUT2D eigenvalue weighted by atomic mass is 9.89. The zero-order valence-electron chi connectivity index (χ0n) is 11.8. The summed E-state index contributed by atoms with van der Waals surface area (Å²) in [5.74, 6) is -0.888. The summed E-state index contributed by atoms with van der Waals surface area (Å²) in [6, 6.07) is 1.83. The lowest BCUT2D eigenvalue weighted by Gasteiger charge is -2.24. The van der Waals surface area contributed by atoms with Gasteiger partial charge in [-0.3, -0.25) is 4.79 Å². The molecule has 4 nitrogen and oxygen atoms in total. The summed E-state index contributed by atoms with van der Waals surface area (Å²) in [5, 5.41) is 2.88. The largest absolute Gasteiger partial charge is 0.433 e. The molecule has 0 spiro atoms. The van der Waals surface area contributed by atoms with Gasteiger partial charge in [-0.15, -0.1) is 0 Å². The van der Waals surface area contributed by atoms with Gasteiger partial charge in [-0.25, -0.2) is 4.98 Å². The van der Waals surface area contributed by atoms with Gasteiger partial charge in [-0.1, -0.05) is 19.8 Å². The van der Waals surface area contributed by atoms with Crippen LogP contribution in [0.4, 0.5) is 19.0 Å². The van der Waals surface area contributed by atoms with Gasteiger partial charge < -0.3 is 11.1 Å². The number of anilines is 1. The minimum atomic E-state index is -4.55. The highest BCUT2D eigenvalue weighted by Gasteiger charge is 2.34. The van der Waals surface area contributed by atoms with Crippen molar-refractivity contribution in [2.75, 3.05) is 11.9 Å². The van der Waals surface area contributed by atoms with Crippen molar-refractivity contribution < 1.29 is 18.0 Å². The van der Waals surface area contributed by atoms with Crippen molar-refractivity contribution in [3.63, 3.8) is 0 Å². The van der Waals surface area contributed by atoms with Crippen LogP contribution in [0, 0.1) is 5.41 Å². The number of halogens is 3. The second-order valence-corrected chi connectivity index (χ2v) is 5.83. The number of rotatable bonds is 4. The lowest BCUT2D eigenvalue weighted by molar-refractivity contribution is -0.141. The smallest absolute Gasteiger partial charge is 0.369 e. The van der Waals surface area contributed by atoms with Crippen LogP contribution in [-0.4, -0.2) is 17.4 Å². The summed E-state index contributed by atoms with van der Waals surface area (Å²) in [7, 11) is 0. The van der Waals surface area contributed by atoms with Crippen LogP contribution < -0.4 is 11.1 Å². The number of alkyl halides is 3. The fourth-order valence-corrected chi connectivity index (χ4v) is 2.65. The molecule has 21 heavy (non-hydrogen) atoms. The van der Waals surface area contributed by atoms with Crippen molar-refractivity contribution in [3.05, 3.63) is 23.4 Å². The first kappa shape index (κ1) is 15.6. The maximum absolute atomic E-state index is 12.7. The molecule has 0 radical (unpaired) electrons. The van der Waals surface area contributed by atoms with Gasteiger partial charge >= 0.3 is 6.18 Å². The quantitative estimate of drug-likeness (QED) is 0.897. The van der Waals surface area contributed by atoms with Crippen molar-refractivity contribution in [1.29, 1.82) is 0 Å². The summed E-state index contributed by atoms with van der Waals surface area (Å²) in [5.41, 5.74) is 4.15. The van der Waals surface area contributed by atoms with Gasteiger partial charge in [0.15, 0.2) is 0 Å². The van der Waals surface area contributed by atoms with Crippen LogP contribution in [0.15, 0.2) is 12.1 Å². The Hall–Kier alpha value is -1.79. The Kier molecular flexibility index (Phi) is 4.11. The molecule has 3 N–H and O–H groups in total. The number of amides is 1. The van der Waals surface area contributed by atoms with Crippen LogP contribution >= 0.6 is 0 Å². The highest BCUT2D eigenvalue weighted by Crippen LogP contribution is 2.38. The number of hydrogen-bond acceptors (Lipinski definition) is 3. The first-order chi connectivity index (χ1) is 9.71. The summed E-state index contributed by atoms with van der Waals surface area (Å²) in [6.07, 6.45) is -0.326. The van der Waals surface area contributed by atoms with Crippen LogP contribution in [-0.2, 0) is 6.18 Å². The van der Waals surface area contributed by atoms with E-state index in [4.69, 9.17) is 5.73 Å². The van der Waals surface area contributed by atoms with Crippen LogP contribution in [0.3, 0.4) is 0 Å². The Morgan fingerprint density at radius 2 is 2.00 bits per heavy atom. The molecular formula is C14H18F3N3O. The number of nitrogens with two attached hydrogens (primary N) is 1. The topological polar surface area (TPSA) is 68.0 Å². The Bertz CT molecular complexity index is 537. The number of nitrogens with zero attached hydrogens (tertiary/aromatic N) is 1. The molecule has 0 unspecified atom stereocenters. The molecule has 116 valence electrons. The van der Waals surface area contributed by atoms with Crippen LogP contribution in [0.2, 0.25) is 0 Å². The standard InChI is InChI=1S/C14H18F3N3O/c1-13(6-2-3-7-13)8-19-12-9(11(18)21)4-5-10(20-12)14(15,16)17/h4-5H,2-3,6-8H2,1H3,(H2,18,21)(H,19,20). The van der Waals surface area contributed by atoms with Crippen molar-refractivity contribution in [2.45, 2.75) is 38.8 Å². The molecule has 0 bridgehead atoms. The molecule has 1 fully saturated rings. The molecule has 1 aliphatic carbocycles. The molecule has 7 heteroatoms. The van der Waals surface area contributed by atoms with E-state index in [1.807, 2.05) is 0 Å². The minimum absolute atomic E-state index is 0.0187. The second-order valence-electron chi connectivity index (χ2n) is 5.83. The Balaban J connectivity index is 2.24.